The van der Waals surface area contributed by atoms with Crippen molar-refractivity contribution in [3.63, 3.8) is 0 Å². The van der Waals surface area contributed by atoms with Gasteiger partial charge in [-0.3, -0.25) is 28.8 Å². The van der Waals surface area contributed by atoms with E-state index in [2.05, 4.69) is 0 Å². The number of ether oxygens (including phenoxy) is 2. The first-order chi connectivity index (χ1) is 29.7. The van der Waals surface area contributed by atoms with Crippen LogP contribution in [0, 0.1) is 57.2 Å². The number of halogens is 4. The minimum absolute atomic E-state index is 0.0642. The van der Waals surface area contributed by atoms with Crippen molar-refractivity contribution in [3.05, 3.63) is 47.6 Å². The first-order valence-electron chi connectivity index (χ1n) is 22.8. The van der Waals surface area contributed by atoms with Gasteiger partial charge in [0.2, 0.25) is 5.12 Å². The number of carbonyl (C=O) groups excluding carboxylic acids is 6. The van der Waals surface area contributed by atoms with Crippen LogP contribution in [0.5, 0.6) is 0 Å². The third-order valence-electron chi connectivity index (χ3n) is 18.5. The molecule has 8 rings (SSSR count). The molecule has 10 nitrogen and oxygen atoms in total. The Labute approximate surface area is 375 Å². The predicted octanol–water partition coefficient (Wildman–Crippen LogP) is 7.33. The smallest absolute Gasteiger partial charge is 0.306 e. The molecule has 8 aliphatic rings. The molecule has 2 N–H and O–H groups in total. The molecule has 0 saturated heterocycles. The molecule has 18 atom stereocenters. The predicted molar refractivity (Wildman–Crippen MR) is 227 cm³/mol. The average molecular weight is 917 g/mol. The maximum atomic E-state index is 18.1. The summed E-state index contributed by atoms with van der Waals surface area (Å²) in [5.74, 6) is -9.49. The van der Waals surface area contributed by atoms with Crippen LogP contribution in [0.2, 0.25) is 0 Å². The van der Waals surface area contributed by atoms with Crippen LogP contribution < -0.4 is 0 Å². The number of aliphatic hydroxyl groups excluding tert-OH is 2. The number of thioether (sulfide) groups is 1. The lowest BCUT2D eigenvalue weighted by Gasteiger charge is -2.63. The summed E-state index contributed by atoms with van der Waals surface area (Å²) in [6, 6.07) is 0. The zero-order valence-electron chi connectivity index (χ0n) is 37.7. The number of ketones is 3. The van der Waals surface area contributed by atoms with Gasteiger partial charge in [-0.05, 0) is 99.7 Å². The van der Waals surface area contributed by atoms with Crippen LogP contribution >= 0.6 is 11.8 Å². The Morgan fingerprint density at radius 3 is 1.48 bits per heavy atom. The van der Waals surface area contributed by atoms with Crippen molar-refractivity contribution in [1.82, 2.24) is 0 Å². The Morgan fingerprint density at radius 2 is 1.06 bits per heavy atom. The summed E-state index contributed by atoms with van der Waals surface area (Å²) < 4.78 is 81.1. The Kier molecular flexibility index (Phi) is 11.1. The molecule has 6 fully saturated rings. The van der Waals surface area contributed by atoms with Crippen LogP contribution in [0.4, 0.5) is 17.6 Å². The summed E-state index contributed by atoms with van der Waals surface area (Å²) in [6.45, 7) is 12.6. The van der Waals surface area contributed by atoms with E-state index in [4.69, 9.17) is 9.47 Å². The van der Waals surface area contributed by atoms with Crippen LogP contribution in [-0.4, -0.2) is 97.5 Å². The second-order valence-corrected chi connectivity index (χ2v) is 22.1. The molecule has 0 heterocycles. The molecule has 15 heteroatoms. The average Bonchev–Trinajstić information content (AvgIpc) is 3.59. The van der Waals surface area contributed by atoms with Gasteiger partial charge in [-0.1, -0.05) is 65.5 Å². The molecule has 64 heavy (non-hydrogen) atoms. The van der Waals surface area contributed by atoms with Gasteiger partial charge in [-0.2, -0.15) is 0 Å². The lowest BCUT2D eigenvalue weighted by atomic mass is 9.44. The number of carbonyl (C=O) groups is 6. The van der Waals surface area contributed by atoms with E-state index in [9.17, 15) is 29.4 Å². The van der Waals surface area contributed by atoms with E-state index in [1.807, 2.05) is 0 Å². The summed E-state index contributed by atoms with van der Waals surface area (Å²) in [5.41, 5.74) is -15.5. The lowest BCUT2D eigenvalue weighted by Crippen LogP contribution is -2.71. The number of esters is 2. The highest BCUT2D eigenvalue weighted by Crippen LogP contribution is 2.74. The third kappa shape index (κ3) is 5.64. The second-order valence-electron chi connectivity index (χ2n) is 21.1. The van der Waals surface area contributed by atoms with Gasteiger partial charge in [0.15, 0.2) is 39.9 Å². The Bertz CT molecular complexity index is 2080. The fourth-order valence-electron chi connectivity index (χ4n) is 15.5. The van der Waals surface area contributed by atoms with Crippen LogP contribution in [-0.2, 0) is 38.2 Å². The SMILES string of the molecule is CCC(=O)O[C@]1(C(=O)CSC(=O)[C@@]2(OC(=O)CC)[C@H](C)C[C@H]3[C@@H]4C[C@H](F)C5=CC(=O)C=C[C@]5(C)[C@@]4(F)[C@@H](O)C[C@@]32C)[C@H](C)C[C@H]2[C@@H]3C[C@H](F)C4=CC(=O)C=C[C@]4(C)[C@@]3(F)[C@@H](O)C[C@@]21C. The summed E-state index contributed by atoms with van der Waals surface area (Å²) in [4.78, 5) is 82.1. The zero-order valence-corrected chi connectivity index (χ0v) is 38.5. The van der Waals surface area contributed by atoms with Gasteiger partial charge in [-0.25, -0.2) is 17.6 Å². The maximum Gasteiger partial charge on any atom is 0.306 e. The van der Waals surface area contributed by atoms with E-state index in [-0.39, 0.29) is 49.7 Å². The third-order valence-corrected chi connectivity index (χ3v) is 19.5. The van der Waals surface area contributed by atoms with E-state index < -0.39 is 157 Å². The minimum Gasteiger partial charge on any atom is -0.450 e. The molecule has 0 unspecified atom stereocenters. The summed E-state index contributed by atoms with van der Waals surface area (Å²) >= 11 is 0.528. The summed E-state index contributed by atoms with van der Waals surface area (Å²) in [7, 11) is 0. The molecule has 0 radical (unpaired) electrons. The molecular weight excluding hydrogens is 857 g/mol. The summed E-state index contributed by atoms with van der Waals surface area (Å²) in [6.07, 6.45) is -1.65. The highest BCUT2D eigenvalue weighted by molar-refractivity contribution is 8.14. The lowest BCUT2D eigenvalue weighted by molar-refractivity contribution is -0.230. The molecule has 0 aromatic rings. The number of hydrogen-bond donors (Lipinski definition) is 2. The molecule has 0 aromatic carbocycles. The normalized spacial score (nSPS) is 49.8. The topological polar surface area (TPSA) is 161 Å². The van der Waals surface area contributed by atoms with Crippen molar-refractivity contribution in [2.75, 3.05) is 5.75 Å². The number of allylic oxidation sites excluding steroid dienone is 8. The first-order valence-corrected chi connectivity index (χ1v) is 23.8. The van der Waals surface area contributed by atoms with Crippen molar-refractivity contribution in [3.8, 4) is 0 Å². The quantitative estimate of drug-likeness (QED) is 0.185. The fraction of sp³-hybridized carbons (Fsp3) is 0.714. The van der Waals surface area contributed by atoms with Crippen LogP contribution in [0.3, 0.4) is 0 Å². The van der Waals surface area contributed by atoms with Gasteiger partial charge in [0.05, 0.1) is 18.0 Å². The van der Waals surface area contributed by atoms with Crippen molar-refractivity contribution in [2.45, 2.75) is 154 Å². The molecule has 0 spiro atoms. The van der Waals surface area contributed by atoms with E-state index in [1.165, 1.54) is 52.0 Å². The van der Waals surface area contributed by atoms with Crippen molar-refractivity contribution < 1.29 is 66.0 Å². The van der Waals surface area contributed by atoms with Gasteiger partial charge in [0.25, 0.3) is 0 Å². The maximum absolute atomic E-state index is 18.1. The molecule has 0 bridgehead atoms. The van der Waals surface area contributed by atoms with Gasteiger partial charge in [0.1, 0.15) is 12.3 Å². The number of rotatable bonds is 8. The monoisotopic (exact) mass is 916 g/mol. The first kappa shape index (κ1) is 47.1. The van der Waals surface area contributed by atoms with E-state index >= 15 is 27.2 Å². The number of hydrogen-bond acceptors (Lipinski definition) is 11. The highest BCUT2D eigenvalue weighted by atomic mass is 32.2. The fourth-order valence-corrected chi connectivity index (χ4v) is 16.6. The van der Waals surface area contributed by atoms with Crippen molar-refractivity contribution in [2.24, 2.45) is 57.2 Å². The Balaban J connectivity index is 1.15. The number of fused-ring (bicyclic) bond motifs is 10. The van der Waals surface area contributed by atoms with Crippen molar-refractivity contribution >= 4 is 46.2 Å². The van der Waals surface area contributed by atoms with Crippen LogP contribution in [0.1, 0.15) is 107 Å². The van der Waals surface area contributed by atoms with Gasteiger partial charge in [-0.15, -0.1) is 0 Å². The standard InChI is InChI=1S/C49H60F4O10S/c1-9-39(59)62-48(24(3)15-28-30-19-34(50)32-17-26(54)11-13-42(32,5)46(30,52)36(56)21-44(28,48)7)38(58)23-64-41(61)49(63-40(60)10-2)25(4)16-29-31-20-35(51)33-18-27(55)12-14-43(33,6)47(31,53)37(57)22-45(29,49)8/h11-14,17-18,24-25,28-31,34-37,56-57H,9-10,15-16,19-23H2,1-8H3/t24-,25-,28+,29+,30+,31+,34+,35+,36+,37+,42+,43+,44+,45+,46+,47+,48+,49+/m1/s1. The molecular formula is C49H60F4O10S. The molecule has 0 aromatic heterocycles. The molecule has 0 aliphatic heterocycles. The summed E-state index contributed by atoms with van der Waals surface area (Å²) in [5, 5.41) is 23.3. The zero-order chi connectivity index (χ0) is 47.1. The molecule has 8 aliphatic carbocycles. The van der Waals surface area contributed by atoms with Gasteiger partial charge in [0, 0.05) is 58.2 Å². The van der Waals surface area contributed by atoms with E-state index in [0.29, 0.717) is 11.8 Å². The van der Waals surface area contributed by atoms with Gasteiger partial charge >= 0.3 is 11.9 Å². The molecule has 6 saturated carbocycles. The molecule has 0 amide bonds. The number of Topliss-reactive ketones (excluding diaryl/α,β-unsaturated/α-hetero) is 1. The number of alkyl halides is 4. The van der Waals surface area contributed by atoms with Crippen LogP contribution in [0.25, 0.3) is 0 Å². The minimum atomic E-state index is -2.47. The van der Waals surface area contributed by atoms with Crippen LogP contribution in [0.15, 0.2) is 47.6 Å². The van der Waals surface area contributed by atoms with Gasteiger partial charge < -0.3 is 19.7 Å². The Hall–Kier alpha value is -3.43. The van der Waals surface area contributed by atoms with E-state index in [1.54, 1.807) is 27.7 Å². The second kappa shape index (κ2) is 15.0. The number of aliphatic hydroxyl groups is 2. The van der Waals surface area contributed by atoms with E-state index in [0.717, 1.165) is 12.2 Å². The molecule has 350 valence electrons. The Morgan fingerprint density at radius 1 is 0.672 bits per heavy atom. The largest absolute Gasteiger partial charge is 0.450 e. The van der Waals surface area contributed by atoms with Crippen molar-refractivity contribution in [1.29, 1.82) is 0 Å². The highest BCUT2D eigenvalue weighted by Gasteiger charge is 2.80.